The molecule has 0 aliphatic rings. The van der Waals surface area contributed by atoms with Gasteiger partial charge in [-0.05, 0) is 16.5 Å². The third-order valence-corrected chi connectivity index (χ3v) is 4.33. The van der Waals surface area contributed by atoms with Gasteiger partial charge in [-0.25, -0.2) is 0 Å². The van der Waals surface area contributed by atoms with E-state index in [9.17, 15) is 0 Å². The first-order valence-electron chi connectivity index (χ1n) is 4.37. The zero-order valence-corrected chi connectivity index (χ0v) is 10.1. The molecule has 0 aliphatic heterocycles. The van der Waals surface area contributed by atoms with Gasteiger partial charge in [-0.3, -0.25) is 0 Å². The molecule has 0 amide bonds. The van der Waals surface area contributed by atoms with Gasteiger partial charge in [0, 0.05) is 0 Å². The van der Waals surface area contributed by atoms with Crippen LogP contribution in [0.1, 0.15) is 41.5 Å². The van der Waals surface area contributed by atoms with E-state index in [1.54, 1.807) is 0 Å². The van der Waals surface area contributed by atoms with Gasteiger partial charge in [-0.15, -0.1) is 0 Å². The van der Waals surface area contributed by atoms with Crippen molar-refractivity contribution in [2.45, 2.75) is 47.2 Å². The second-order valence-corrected chi connectivity index (χ2v) is 6.61. The van der Waals surface area contributed by atoms with Gasteiger partial charge in [-0.1, -0.05) is 41.5 Å². The maximum Gasteiger partial charge on any atom is 0.130 e. The number of hydrogen-bond acceptors (Lipinski definition) is 0. The molecule has 0 radical (unpaired) electrons. The van der Waals surface area contributed by atoms with E-state index in [-0.39, 0.29) is 0 Å². The molecule has 0 fully saturated rings. The van der Waals surface area contributed by atoms with Gasteiger partial charge in [0.1, 0.15) is 7.57 Å². The Hall–Kier alpha value is 0.495. The Balaban J connectivity index is 4.43. The van der Waals surface area contributed by atoms with Crippen LogP contribution in [0.5, 0.6) is 0 Å². The van der Waals surface area contributed by atoms with E-state index in [4.69, 9.17) is 0 Å². The van der Waals surface area contributed by atoms with Crippen LogP contribution < -0.4 is 0 Å². The first kappa shape index (κ1) is 11.5. The summed E-state index contributed by atoms with van der Waals surface area (Å²) < 4.78 is 0. The summed E-state index contributed by atoms with van der Waals surface area (Å²) in [4.78, 5) is 0. The van der Waals surface area contributed by atoms with Crippen LogP contribution in [0.2, 0.25) is 0 Å². The van der Waals surface area contributed by atoms with Gasteiger partial charge in [0.25, 0.3) is 0 Å². The summed E-state index contributed by atoms with van der Waals surface area (Å²) >= 11 is 0. The molecule has 0 N–H and O–H groups in total. The lowest BCUT2D eigenvalue weighted by Gasteiger charge is -2.40. The fourth-order valence-electron chi connectivity index (χ4n) is 2.17. The molecule has 0 saturated heterocycles. The van der Waals surface area contributed by atoms with Crippen molar-refractivity contribution in [2.24, 2.45) is 10.8 Å². The van der Waals surface area contributed by atoms with Crippen LogP contribution in [0, 0.1) is 10.8 Å². The van der Waals surface area contributed by atoms with Crippen LogP contribution in [0.3, 0.4) is 0 Å². The lowest BCUT2D eigenvalue weighted by Crippen LogP contribution is -2.34. The Kier molecular flexibility index (Phi) is 3.63. The molecule has 0 aromatic heterocycles. The zero-order valence-electron chi connectivity index (χ0n) is 9.08. The smallest absolute Gasteiger partial charge is 0.130 e. The summed E-state index contributed by atoms with van der Waals surface area (Å²) in [6.45, 7) is 14.1. The lowest BCUT2D eigenvalue weighted by molar-refractivity contribution is 0.248. The average molecular weight is 172 g/mol. The lowest BCUT2D eigenvalue weighted by atomic mass is 9.77. The molecule has 1 unspecified atom stereocenters. The fourth-order valence-corrected chi connectivity index (χ4v) is 3.90. The highest BCUT2D eigenvalue weighted by molar-refractivity contribution is 7.67. The zero-order chi connectivity index (χ0) is 9.28. The first-order chi connectivity index (χ1) is 4.69. The Labute approximate surface area is 74.7 Å². The summed E-state index contributed by atoms with van der Waals surface area (Å²) in [5.41, 5.74) is 1.77. The van der Waals surface area contributed by atoms with Crippen LogP contribution >= 0.6 is 8.46 Å². The Bertz CT molecular complexity index is 105. The minimum absolute atomic E-state index is 0.464. The third kappa shape index (κ3) is 3.60. The van der Waals surface area contributed by atoms with Crippen molar-refractivity contribution in [1.29, 1.82) is 0 Å². The highest BCUT2D eigenvalue weighted by atomic mass is 31.1. The molecule has 0 bridgehead atoms. The largest absolute Gasteiger partial charge is 0.160 e. The highest BCUT2D eigenvalue weighted by Gasteiger charge is 2.32. The van der Waals surface area contributed by atoms with Crippen LogP contribution in [0.4, 0.5) is 0 Å². The summed E-state index contributed by atoms with van der Waals surface area (Å²) in [6.07, 6.45) is 0. The van der Waals surface area contributed by atoms with E-state index in [0.717, 1.165) is 14.1 Å². The van der Waals surface area contributed by atoms with Crippen LogP contribution in [0.25, 0.3) is 0 Å². The molecule has 0 aliphatic carbocycles. The Morgan fingerprint density at radius 1 is 0.909 bits per heavy atom. The molecular weight excluding hydrogens is 150 g/mol. The standard InChI is InChI=1S/C9H22BP/c1-8(2,3)7(11-10)9(4,5)6/h7,11H,10H2,1-6H3. The molecule has 0 heterocycles. The summed E-state index contributed by atoms with van der Waals surface area (Å²) in [5.74, 6) is 0. The van der Waals surface area contributed by atoms with Crippen molar-refractivity contribution in [3.8, 4) is 0 Å². The minimum Gasteiger partial charge on any atom is -0.160 e. The van der Waals surface area contributed by atoms with Crippen molar-refractivity contribution in [3.05, 3.63) is 0 Å². The summed E-state index contributed by atoms with van der Waals surface area (Å²) in [6, 6.07) is 0. The van der Waals surface area contributed by atoms with Gasteiger partial charge < -0.3 is 0 Å². The van der Waals surface area contributed by atoms with E-state index in [0.29, 0.717) is 10.8 Å². The second-order valence-electron chi connectivity index (χ2n) is 5.45. The molecule has 66 valence electrons. The van der Waals surface area contributed by atoms with E-state index in [2.05, 4.69) is 49.1 Å². The van der Waals surface area contributed by atoms with Gasteiger partial charge >= 0.3 is 0 Å². The predicted octanol–water partition coefficient (Wildman–Crippen LogP) is 2.67. The van der Waals surface area contributed by atoms with Crippen LogP contribution in [-0.4, -0.2) is 13.2 Å². The van der Waals surface area contributed by atoms with Crippen molar-refractivity contribution in [3.63, 3.8) is 0 Å². The Morgan fingerprint density at radius 3 is 1.18 bits per heavy atom. The van der Waals surface area contributed by atoms with Crippen molar-refractivity contribution in [2.75, 3.05) is 0 Å². The average Bonchev–Trinajstić information content (AvgIpc) is 1.56. The molecule has 0 spiro atoms. The van der Waals surface area contributed by atoms with Gasteiger partial charge in [0.15, 0.2) is 0 Å². The van der Waals surface area contributed by atoms with Crippen LogP contribution in [0.15, 0.2) is 0 Å². The monoisotopic (exact) mass is 172 g/mol. The second kappa shape index (κ2) is 3.48. The summed E-state index contributed by atoms with van der Waals surface area (Å²) in [5, 5.41) is 0. The van der Waals surface area contributed by atoms with Crippen molar-refractivity contribution < 1.29 is 0 Å². The molecular formula is C9H22BP. The third-order valence-electron chi connectivity index (χ3n) is 2.02. The van der Waals surface area contributed by atoms with Gasteiger partial charge in [0.05, 0.1) is 0 Å². The number of rotatable bonds is 1. The normalized spacial score (nSPS) is 15.2. The predicted molar refractivity (Wildman–Crippen MR) is 59.6 cm³/mol. The highest BCUT2D eigenvalue weighted by Crippen LogP contribution is 2.43. The molecule has 11 heavy (non-hydrogen) atoms. The summed E-state index contributed by atoms with van der Waals surface area (Å²) in [7, 11) is 3.37. The molecule has 0 rings (SSSR count). The molecule has 0 aromatic carbocycles. The van der Waals surface area contributed by atoms with E-state index >= 15 is 0 Å². The molecule has 1 atom stereocenters. The van der Waals surface area contributed by atoms with E-state index < -0.39 is 0 Å². The Morgan fingerprint density at radius 2 is 1.18 bits per heavy atom. The first-order valence-corrected chi connectivity index (χ1v) is 5.94. The van der Waals surface area contributed by atoms with Crippen molar-refractivity contribution >= 4 is 16.0 Å². The maximum absolute atomic E-state index is 2.35. The van der Waals surface area contributed by atoms with Crippen molar-refractivity contribution in [1.82, 2.24) is 0 Å². The SMILES string of the molecule is BPC(C(C)(C)C)C(C)(C)C. The van der Waals surface area contributed by atoms with Gasteiger partial charge in [0.2, 0.25) is 0 Å². The van der Waals surface area contributed by atoms with E-state index in [1.807, 2.05) is 0 Å². The number of hydrogen-bond donors (Lipinski definition) is 0. The topological polar surface area (TPSA) is 0 Å². The molecule has 0 saturated carbocycles. The molecule has 0 nitrogen and oxygen atoms in total. The molecule has 0 aromatic rings. The maximum atomic E-state index is 2.35. The van der Waals surface area contributed by atoms with E-state index in [1.165, 1.54) is 0 Å². The fraction of sp³-hybridized carbons (Fsp3) is 1.00. The quantitative estimate of drug-likeness (QED) is 0.421. The van der Waals surface area contributed by atoms with Crippen LogP contribution in [-0.2, 0) is 0 Å². The minimum atomic E-state index is 0.464. The van der Waals surface area contributed by atoms with Gasteiger partial charge in [-0.2, -0.15) is 8.46 Å². The molecule has 2 heteroatoms.